The Balaban J connectivity index is 1.46. The molecule has 4 aromatic rings. The second kappa shape index (κ2) is 9.10. The SMILES string of the molecule is COc1ccc(C2C=C(c3ccccc3)Nc3nc(NC(=O)c4ccc([N+](=O)[O-])cc4)nn32)cc1. The molecule has 1 aliphatic rings. The van der Waals surface area contributed by atoms with Crippen molar-refractivity contribution in [3.8, 4) is 5.75 Å². The van der Waals surface area contributed by atoms with Gasteiger partial charge in [-0.2, -0.15) is 4.98 Å². The van der Waals surface area contributed by atoms with Gasteiger partial charge in [0.25, 0.3) is 17.5 Å². The molecule has 1 unspecified atom stereocenters. The van der Waals surface area contributed by atoms with E-state index in [0.717, 1.165) is 22.6 Å². The molecule has 0 saturated carbocycles. The highest BCUT2D eigenvalue weighted by molar-refractivity contribution is 6.03. The van der Waals surface area contributed by atoms with Crippen LogP contribution in [0.3, 0.4) is 0 Å². The molecule has 0 saturated heterocycles. The van der Waals surface area contributed by atoms with Gasteiger partial charge in [-0.3, -0.25) is 20.2 Å². The summed E-state index contributed by atoms with van der Waals surface area (Å²) in [4.78, 5) is 27.5. The molecule has 0 bridgehead atoms. The lowest BCUT2D eigenvalue weighted by Gasteiger charge is -2.24. The number of hydrogen-bond acceptors (Lipinski definition) is 7. The molecule has 2 N–H and O–H groups in total. The maximum atomic E-state index is 12.7. The van der Waals surface area contributed by atoms with E-state index in [9.17, 15) is 14.9 Å². The van der Waals surface area contributed by atoms with Gasteiger partial charge in [-0.1, -0.05) is 42.5 Å². The van der Waals surface area contributed by atoms with Crippen molar-refractivity contribution in [1.82, 2.24) is 14.8 Å². The summed E-state index contributed by atoms with van der Waals surface area (Å²) in [6.45, 7) is 0. The molecule has 3 aromatic carbocycles. The zero-order chi connectivity index (χ0) is 24.4. The van der Waals surface area contributed by atoms with E-state index in [1.807, 2.05) is 60.7 Å². The normalized spacial score (nSPS) is 14.3. The van der Waals surface area contributed by atoms with Crippen molar-refractivity contribution in [2.24, 2.45) is 0 Å². The lowest BCUT2D eigenvalue weighted by molar-refractivity contribution is -0.384. The topological polar surface area (TPSA) is 124 Å². The quantitative estimate of drug-likeness (QED) is 0.315. The number of non-ortho nitro benzene ring substituents is 1. The maximum absolute atomic E-state index is 12.7. The molecular weight excluding hydrogens is 448 g/mol. The van der Waals surface area contributed by atoms with Gasteiger partial charge in [-0.05, 0) is 41.5 Å². The molecule has 1 amide bonds. The maximum Gasteiger partial charge on any atom is 0.269 e. The fraction of sp³-hybridized carbons (Fsp3) is 0.0800. The highest BCUT2D eigenvalue weighted by Gasteiger charge is 2.26. The van der Waals surface area contributed by atoms with E-state index in [0.29, 0.717) is 5.95 Å². The Kier molecular flexibility index (Phi) is 5.68. The van der Waals surface area contributed by atoms with Gasteiger partial charge >= 0.3 is 0 Å². The van der Waals surface area contributed by atoms with Crippen LogP contribution >= 0.6 is 0 Å². The zero-order valence-corrected chi connectivity index (χ0v) is 18.6. The van der Waals surface area contributed by atoms with Crippen LogP contribution in [0.25, 0.3) is 5.70 Å². The molecule has 174 valence electrons. The number of nitro benzene ring substituents is 1. The largest absolute Gasteiger partial charge is 0.497 e. The standard InChI is InChI=1S/C25H20N6O4/c1-35-20-13-9-17(10-14-20)22-15-21(16-5-3-2-4-6-16)26-25-28-24(29-30(22)25)27-23(32)18-7-11-19(12-8-18)31(33)34/h2-15,22H,1H3,(H2,26,27,28,29,32). The van der Waals surface area contributed by atoms with Crippen molar-refractivity contribution in [1.29, 1.82) is 0 Å². The van der Waals surface area contributed by atoms with Gasteiger partial charge in [0.05, 0.1) is 12.0 Å². The van der Waals surface area contributed by atoms with Crippen molar-refractivity contribution in [2.45, 2.75) is 6.04 Å². The van der Waals surface area contributed by atoms with E-state index in [1.165, 1.54) is 24.3 Å². The molecule has 0 spiro atoms. The second-order valence-electron chi connectivity index (χ2n) is 7.75. The number of methoxy groups -OCH3 is 1. The molecule has 0 fully saturated rings. The van der Waals surface area contributed by atoms with Crippen LogP contribution in [-0.4, -0.2) is 32.7 Å². The van der Waals surface area contributed by atoms with Gasteiger partial charge in [0.2, 0.25) is 5.95 Å². The van der Waals surface area contributed by atoms with Crippen molar-refractivity contribution < 1.29 is 14.5 Å². The minimum absolute atomic E-state index is 0.0943. The number of amides is 1. The van der Waals surface area contributed by atoms with E-state index in [2.05, 4.69) is 20.7 Å². The summed E-state index contributed by atoms with van der Waals surface area (Å²) in [6.07, 6.45) is 2.04. The molecule has 0 radical (unpaired) electrons. The number of nitrogens with one attached hydrogen (secondary N) is 2. The third-order valence-corrected chi connectivity index (χ3v) is 5.57. The number of carbonyl (C=O) groups excluding carboxylic acids is 1. The molecule has 0 aliphatic carbocycles. The van der Waals surface area contributed by atoms with Gasteiger partial charge in [-0.15, -0.1) is 5.10 Å². The van der Waals surface area contributed by atoms with Crippen LogP contribution in [-0.2, 0) is 0 Å². The van der Waals surface area contributed by atoms with Gasteiger partial charge in [0.15, 0.2) is 0 Å². The molecule has 10 nitrogen and oxygen atoms in total. The number of fused-ring (bicyclic) bond motifs is 1. The van der Waals surface area contributed by atoms with Crippen molar-refractivity contribution in [3.63, 3.8) is 0 Å². The van der Waals surface area contributed by atoms with Crippen molar-refractivity contribution in [2.75, 3.05) is 17.7 Å². The lowest BCUT2D eigenvalue weighted by Crippen LogP contribution is -2.20. The predicted octanol–water partition coefficient (Wildman–Crippen LogP) is 4.50. The van der Waals surface area contributed by atoms with Crippen LogP contribution in [0.1, 0.15) is 27.5 Å². The number of ether oxygens (including phenoxy) is 1. The summed E-state index contributed by atoms with van der Waals surface area (Å²) < 4.78 is 6.97. The first kappa shape index (κ1) is 21.8. The predicted molar refractivity (Wildman–Crippen MR) is 130 cm³/mol. The monoisotopic (exact) mass is 468 g/mol. The number of nitro groups is 1. The Bertz CT molecular complexity index is 1410. The van der Waals surface area contributed by atoms with Crippen LogP contribution in [0, 0.1) is 10.1 Å². The summed E-state index contributed by atoms with van der Waals surface area (Å²) in [7, 11) is 1.61. The van der Waals surface area contributed by atoms with E-state index in [1.54, 1.807) is 11.8 Å². The van der Waals surface area contributed by atoms with Crippen LogP contribution in [0.15, 0.2) is 84.9 Å². The van der Waals surface area contributed by atoms with E-state index >= 15 is 0 Å². The number of rotatable bonds is 6. The van der Waals surface area contributed by atoms with Crippen LogP contribution in [0.2, 0.25) is 0 Å². The third kappa shape index (κ3) is 4.44. The second-order valence-corrected chi connectivity index (χ2v) is 7.75. The summed E-state index contributed by atoms with van der Waals surface area (Å²) >= 11 is 0. The number of hydrogen-bond donors (Lipinski definition) is 2. The Labute approximate surface area is 200 Å². The Morgan fingerprint density at radius 3 is 2.43 bits per heavy atom. The van der Waals surface area contributed by atoms with E-state index < -0.39 is 10.8 Å². The number of anilines is 2. The number of nitrogens with zero attached hydrogens (tertiary/aromatic N) is 4. The van der Waals surface area contributed by atoms with Crippen LogP contribution in [0.5, 0.6) is 5.75 Å². The zero-order valence-electron chi connectivity index (χ0n) is 18.6. The Morgan fingerprint density at radius 1 is 1.06 bits per heavy atom. The molecule has 1 atom stereocenters. The summed E-state index contributed by atoms with van der Waals surface area (Å²) in [5.41, 5.74) is 2.96. The fourth-order valence-corrected chi connectivity index (χ4v) is 3.78. The first-order chi connectivity index (χ1) is 17.0. The highest BCUT2D eigenvalue weighted by Crippen LogP contribution is 2.33. The lowest BCUT2D eigenvalue weighted by atomic mass is 10.0. The van der Waals surface area contributed by atoms with Gasteiger partial charge in [-0.25, -0.2) is 4.68 Å². The molecule has 1 aromatic heterocycles. The molecule has 10 heteroatoms. The van der Waals surface area contributed by atoms with Gasteiger partial charge in [0.1, 0.15) is 11.8 Å². The van der Waals surface area contributed by atoms with Crippen molar-refractivity contribution in [3.05, 3.63) is 112 Å². The minimum Gasteiger partial charge on any atom is -0.497 e. The van der Waals surface area contributed by atoms with Crippen LogP contribution in [0.4, 0.5) is 17.6 Å². The fourth-order valence-electron chi connectivity index (χ4n) is 3.78. The number of benzene rings is 3. The molecule has 2 heterocycles. The molecule has 1 aliphatic heterocycles. The molecule has 5 rings (SSSR count). The van der Waals surface area contributed by atoms with Crippen LogP contribution < -0.4 is 15.4 Å². The first-order valence-electron chi connectivity index (χ1n) is 10.7. The number of aromatic nitrogens is 3. The molecule has 35 heavy (non-hydrogen) atoms. The number of allylic oxidation sites excluding steroid dienone is 1. The van der Waals surface area contributed by atoms with E-state index in [4.69, 9.17) is 4.74 Å². The summed E-state index contributed by atoms with van der Waals surface area (Å²) in [5, 5.41) is 21.3. The van der Waals surface area contributed by atoms with E-state index in [-0.39, 0.29) is 23.2 Å². The highest BCUT2D eigenvalue weighted by atomic mass is 16.6. The third-order valence-electron chi connectivity index (χ3n) is 5.57. The Morgan fingerprint density at radius 2 is 1.77 bits per heavy atom. The molecular formula is C25H20N6O4. The number of carbonyl (C=O) groups is 1. The van der Waals surface area contributed by atoms with Crippen molar-refractivity contribution >= 4 is 29.2 Å². The van der Waals surface area contributed by atoms with Gasteiger partial charge in [0, 0.05) is 23.4 Å². The first-order valence-corrected chi connectivity index (χ1v) is 10.7. The average Bonchev–Trinajstić information content (AvgIpc) is 3.31. The minimum atomic E-state index is -0.519. The van der Waals surface area contributed by atoms with Gasteiger partial charge < -0.3 is 10.1 Å². The average molecular weight is 468 g/mol. The summed E-state index contributed by atoms with van der Waals surface area (Å²) in [5.74, 6) is 0.841. The smallest absolute Gasteiger partial charge is 0.269 e. The Hall–Kier alpha value is -4.99. The summed E-state index contributed by atoms with van der Waals surface area (Å²) in [6, 6.07) is 22.5.